The van der Waals surface area contributed by atoms with Gasteiger partial charge in [-0.1, -0.05) is 182 Å². The fourth-order valence-corrected chi connectivity index (χ4v) is 6.47. The number of unbranched alkanes of at least 4 members (excludes halogenated alkanes) is 20. The smallest absolute Gasteiger partial charge is 0.309 e. The van der Waals surface area contributed by atoms with Gasteiger partial charge in [0.1, 0.15) is 0 Å². The second-order valence-electron chi connectivity index (χ2n) is 14.5. The highest BCUT2D eigenvalue weighted by Gasteiger charge is 2.36. The van der Waals surface area contributed by atoms with Crippen LogP contribution in [0.4, 0.5) is 0 Å². The Balaban J connectivity index is 4.44. The van der Waals surface area contributed by atoms with Crippen molar-refractivity contribution in [3.8, 4) is 0 Å². The summed E-state index contributed by atoms with van der Waals surface area (Å²) in [6.07, 6.45) is 33.1. The SMILES string of the molecule is CC(C)CCCCCCCCCCC(CCCCCCCCCCC(C)C)(CCCCCCCCCC(=O)O)C(=O)O. The first-order valence-corrected chi connectivity index (χ1v) is 18.6. The molecule has 0 saturated carbocycles. The third kappa shape index (κ3) is 26.6. The maximum atomic E-state index is 12.7. The fourth-order valence-electron chi connectivity index (χ4n) is 6.47. The van der Waals surface area contributed by atoms with Crippen LogP contribution in [0, 0.1) is 17.3 Å². The van der Waals surface area contributed by atoms with Gasteiger partial charge >= 0.3 is 11.9 Å². The molecule has 0 aliphatic rings. The predicted molar refractivity (Wildman–Crippen MR) is 181 cm³/mol. The molecule has 0 rings (SSSR count). The summed E-state index contributed by atoms with van der Waals surface area (Å²) >= 11 is 0. The molecule has 42 heavy (non-hydrogen) atoms. The van der Waals surface area contributed by atoms with Crippen molar-refractivity contribution in [3.05, 3.63) is 0 Å². The zero-order valence-corrected chi connectivity index (χ0v) is 28.9. The molecule has 0 bridgehead atoms. The Hall–Kier alpha value is -1.06. The van der Waals surface area contributed by atoms with E-state index in [9.17, 15) is 14.7 Å². The lowest BCUT2D eigenvalue weighted by molar-refractivity contribution is -0.151. The standard InChI is InChI=1S/C38H74O4/c1-34(2)28-22-16-10-5-7-13-19-25-31-38(37(41)42,33-27-21-15-9-12-18-24-30-36(39)40)32-26-20-14-8-6-11-17-23-29-35(3)4/h34-35H,5-33H2,1-4H3,(H,39,40)(H,41,42). The summed E-state index contributed by atoms with van der Waals surface area (Å²) in [6, 6.07) is 0. The topological polar surface area (TPSA) is 74.6 Å². The number of aliphatic carboxylic acids is 2. The summed E-state index contributed by atoms with van der Waals surface area (Å²) in [5.74, 6) is 0.388. The summed E-state index contributed by atoms with van der Waals surface area (Å²) in [5, 5.41) is 19.2. The quantitative estimate of drug-likeness (QED) is 0.0741. The van der Waals surface area contributed by atoms with Crippen molar-refractivity contribution in [3.63, 3.8) is 0 Å². The maximum absolute atomic E-state index is 12.7. The fraction of sp³-hybridized carbons (Fsp3) is 0.947. The van der Waals surface area contributed by atoms with E-state index < -0.39 is 17.4 Å². The van der Waals surface area contributed by atoms with Gasteiger partial charge in [0.2, 0.25) is 0 Å². The first-order chi connectivity index (χ1) is 20.2. The highest BCUT2D eigenvalue weighted by atomic mass is 16.4. The van der Waals surface area contributed by atoms with Crippen LogP contribution in [0.3, 0.4) is 0 Å². The molecule has 0 heterocycles. The largest absolute Gasteiger partial charge is 0.481 e. The first kappa shape index (κ1) is 40.9. The zero-order valence-electron chi connectivity index (χ0n) is 28.9. The third-order valence-corrected chi connectivity index (χ3v) is 9.37. The lowest BCUT2D eigenvalue weighted by Gasteiger charge is -2.30. The number of carbonyl (C=O) groups is 2. The summed E-state index contributed by atoms with van der Waals surface area (Å²) in [4.78, 5) is 23.4. The van der Waals surface area contributed by atoms with Crippen molar-refractivity contribution in [2.75, 3.05) is 0 Å². The van der Waals surface area contributed by atoms with Crippen LogP contribution in [0.25, 0.3) is 0 Å². The van der Waals surface area contributed by atoms with Crippen LogP contribution < -0.4 is 0 Å². The minimum absolute atomic E-state index is 0.276. The molecule has 0 aliphatic carbocycles. The monoisotopic (exact) mass is 595 g/mol. The van der Waals surface area contributed by atoms with E-state index in [2.05, 4.69) is 27.7 Å². The molecular weight excluding hydrogens is 520 g/mol. The number of hydrogen-bond acceptors (Lipinski definition) is 2. The maximum Gasteiger partial charge on any atom is 0.309 e. The third-order valence-electron chi connectivity index (χ3n) is 9.37. The van der Waals surface area contributed by atoms with Gasteiger partial charge in [-0.05, 0) is 37.5 Å². The Morgan fingerprint density at radius 3 is 0.952 bits per heavy atom. The van der Waals surface area contributed by atoms with E-state index in [0.717, 1.165) is 88.9 Å². The van der Waals surface area contributed by atoms with Gasteiger partial charge in [0.05, 0.1) is 5.41 Å². The highest BCUT2D eigenvalue weighted by Crippen LogP contribution is 2.38. The first-order valence-electron chi connectivity index (χ1n) is 18.6. The number of carboxylic acid groups (broad SMARTS) is 2. The normalized spacial score (nSPS) is 12.0. The molecule has 0 aromatic heterocycles. The van der Waals surface area contributed by atoms with Crippen molar-refractivity contribution in [2.24, 2.45) is 17.3 Å². The average Bonchev–Trinajstić information content (AvgIpc) is 2.92. The minimum atomic E-state index is -0.700. The molecule has 0 aromatic carbocycles. The van der Waals surface area contributed by atoms with Gasteiger partial charge in [0.15, 0.2) is 0 Å². The van der Waals surface area contributed by atoms with Crippen LogP contribution in [-0.2, 0) is 9.59 Å². The molecule has 0 spiro atoms. The molecule has 250 valence electrons. The van der Waals surface area contributed by atoms with Gasteiger partial charge < -0.3 is 10.2 Å². The van der Waals surface area contributed by atoms with Crippen LogP contribution in [0.5, 0.6) is 0 Å². The zero-order chi connectivity index (χ0) is 31.3. The lowest BCUT2D eigenvalue weighted by atomic mass is 9.74. The molecule has 0 saturated heterocycles. The van der Waals surface area contributed by atoms with Gasteiger partial charge in [-0.15, -0.1) is 0 Å². The summed E-state index contributed by atoms with van der Waals surface area (Å²) < 4.78 is 0. The van der Waals surface area contributed by atoms with Crippen LogP contribution in [0.15, 0.2) is 0 Å². The van der Waals surface area contributed by atoms with Gasteiger partial charge in [-0.3, -0.25) is 9.59 Å². The Labute approximate surface area is 262 Å². The Morgan fingerprint density at radius 1 is 0.429 bits per heavy atom. The predicted octanol–water partition coefficient (Wildman–Crippen LogP) is 12.8. The van der Waals surface area contributed by atoms with E-state index in [4.69, 9.17) is 5.11 Å². The molecule has 4 heteroatoms. The highest BCUT2D eigenvalue weighted by molar-refractivity contribution is 5.74. The summed E-state index contributed by atoms with van der Waals surface area (Å²) in [6.45, 7) is 9.23. The van der Waals surface area contributed by atoms with E-state index in [1.807, 2.05) is 0 Å². The van der Waals surface area contributed by atoms with Crippen molar-refractivity contribution in [1.29, 1.82) is 0 Å². The molecular formula is C38H74O4. The lowest BCUT2D eigenvalue weighted by Crippen LogP contribution is -2.31. The second kappa shape index (κ2) is 28.7. The van der Waals surface area contributed by atoms with Crippen LogP contribution >= 0.6 is 0 Å². The molecule has 2 N–H and O–H groups in total. The Bertz CT molecular complexity index is 584. The minimum Gasteiger partial charge on any atom is -0.481 e. The molecule has 0 amide bonds. The summed E-state index contributed by atoms with van der Waals surface area (Å²) in [5.41, 5.74) is -0.533. The van der Waals surface area contributed by atoms with Gasteiger partial charge in [0.25, 0.3) is 0 Å². The van der Waals surface area contributed by atoms with E-state index in [1.165, 1.54) is 103 Å². The van der Waals surface area contributed by atoms with Crippen LogP contribution in [0.1, 0.15) is 214 Å². The molecule has 4 nitrogen and oxygen atoms in total. The molecule has 0 unspecified atom stereocenters. The Morgan fingerprint density at radius 2 is 0.690 bits per heavy atom. The molecule has 0 fully saturated rings. The van der Waals surface area contributed by atoms with Crippen molar-refractivity contribution in [1.82, 2.24) is 0 Å². The van der Waals surface area contributed by atoms with Gasteiger partial charge in [-0.25, -0.2) is 0 Å². The molecule has 0 radical (unpaired) electrons. The number of rotatable bonds is 33. The van der Waals surface area contributed by atoms with E-state index >= 15 is 0 Å². The second-order valence-corrected chi connectivity index (χ2v) is 14.5. The van der Waals surface area contributed by atoms with Crippen LogP contribution in [0.2, 0.25) is 0 Å². The van der Waals surface area contributed by atoms with Crippen molar-refractivity contribution in [2.45, 2.75) is 214 Å². The average molecular weight is 595 g/mol. The van der Waals surface area contributed by atoms with E-state index in [1.54, 1.807) is 0 Å². The van der Waals surface area contributed by atoms with Crippen molar-refractivity contribution >= 4 is 11.9 Å². The Kier molecular flexibility index (Phi) is 28.0. The van der Waals surface area contributed by atoms with Gasteiger partial charge in [-0.2, -0.15) is 0 Å². The number of hydrogen-bond donors (Lipinski definition) is 2. The number of carboxylic acids is 2. The van der Waals surface area contributed by atoms with Gasteiger partial charge in [0, 0.05) is 6.42 Å². The molecule has 0 aliphatic heterocycles. The van der Waals surface area contributed by atoms with E-state index in [0.29, 0.717) is 0 Å². The van der Waals surface area contributed by atoms with E-state index in [-0.39, 0.29) is 6.42 Å². The van der Waals surface area contributed by atoms with Crippen molar-refractivity contribution < 1.29 is 19.8 Å². The summed E-state index contributed by atoms with van der Waals surface area (Å²) in [7, 11) is 0. The molecule has 0 atom stereocenters. The molecule has 0 aromatic rings. The van der Waals surface area contributed by atoms with Crippen LogP contribution in [-0.4, -0.2) is 22.2 Å².